The first-order valence-electron chi connectivity index (χ1n) is 4.94. The average Bonchev–Trinajstić information content (AvgIpc) is 2.65. The molecule has 0 spiro atoms. The summed E-state index contributed by atoms with van der Waals surface area (Å²) < 4.78 is 10.5. The lowest BCUT2D eigenvalue weighted by molar-refractivity contribution is 0.120. The summed E-state index contributed by atoms with van der Waals surface area (Å²) in [7, 11) is 0. The zero-order chi connectivity index (χ0) is 9.52. The Balaban J connectivity index is 2.15. The number of rotatable bonds is 6. The number of ether oxygens (including phenoxy) is 1. The van der Waals surface area contributed by atoms with E-state index in [1.165, 1.54) is 12.0 Å². The molecular formula is C11H18O2. The fraction of sp³-hybridized carbons (Fsp3) is 0.636. The number of furan rings is 1. The van der Waals surface area contributed by atoms with Crippen molar-refractivity contribution in [1.82, 2.24) is 0 Å². The topological polar surface area (TPSA) is 22.4 Å². The van der Waals surface area contributed by atoms with E-state index in [4.69, 9.17) is 9.15 Å². The van der Waals surface area contributed by atoms with Crippen LogP contribution in [0.15, 0.2) is 23.0 Å². The van der Waals surface area contributed by atoms with Gasteiger partial charge in [-0.25, -0.2) is 0 Å². The molecule has 1 aromatic rings. The van der Waals surface area contributed by atoms with E-state index in [1.807, 2.05) is 6.07 Å². The van der Waals surface area contributed by atoms with Crippen LogP contribution in [-0.2, 0) is 4.74 Å². The minimum absolute atomic E-state index is 0.440. The third-order valence-corrected chi connectivity index (χ3v) is 2.12. The Morgan fingerprint density at radius 1 is 1.54 bits per heavy atom. The second kappa shape index (κ2) is 5.81. The molecule has 0 fully saturated rings. The smallest absolute Gasteiger partial charge is 0.0938 e. The predicted molar refractivity (Wildman–Crippen MR) is 52.9 cm³/mol. The summed E-state index contributed by atoms with van der Waals surface area (Å²) in [5.41, 5.74) is 1.22. The van der Waals surface area contributed by atoms with Crippen molar-refractivity contribution in [1.29, 1.82) is 0 Å². The van der Waals surface area contributed by atoms with Gasteiger partial charge >= 0.3 is 0 Å². The fourth-order valence-corrected chi connectivity index (χ4v) is 1.16. The van der Waals surface area contributed by atoms with Crippen LogP contribution in [0.1, 0.15) is 38.2 Å². The van der Waals surface area contributed by atoms with Gasteiger partial charge in [0, 0.05) is 12.5 Å². The van der Waals surface area contributed by atoms with Crippen LogP contribution >= 0.6 is 0 Å². The second-order valence-electron chi connectivity index (χ2n) is 3.39. The Morgan fingerprint density at radius 2 is 2.38 bits per heavy atom. The minimum Gasteiger partial charge on any atom is -0.472 e. The molecule has 2 nitrogen and oxygen atoms in total. The second-order valence-corrected chi connectivity index (χ2v) is 3.39. The number of hydrogen-bond acceptors (Lipinski definition) is 2. The third kappa shape index (κ3) is 3.64. The molecule has 1 heterocycles. The van der Waals surface area contributed by atoms with Crippen LogP contribution in [0.2, 0.25) is 0 Å². The van der Waals surface area contributed by atoms with E-state index in [0.717, 1.165) is 19.6 Å². The van der Waals surface area contributed by atoms with Crippen molar-refractivity contribution in [2.75, 3.05) is 13.2 Å². The minimum atomic E-state index is 0.440. The summed E-state index contributed by atoms with van der Waals surface area (Å²) in [6.07, 6.45) is 5.84. The van der Waals surface area contributed by atoms with Gasteiger partial charge in [0.2, 0.25) is 0 Å². The van der Waals surface area contributed by atoms with Gasteiger partial charge in [-0.3, -0.25) is 0 Å². The monoisotopic (exact) mass is 182 g/mol. The molecule has 0 saturated heterocycles. The molecule has 0 bridgehead atoms. The third-order valence-electron chi connectivity index (χ3n) is 2.12. The van der Waals surface area contributed by atoms with Crippen LogP contribution in [0.3, 0.4) is 0 Å². The Bertz CT molecular complexity index is 204. The molecule has 13 heavy (non-hydrogen) atoms. The van der Waals surface area contributed by atoms with Gasteiger partial charge in [0.1, 0.15) is 0 Å². The van der Waals surface area contributed by atoms with Crippen molar-refractivity contribution >= 4 is 0 Å². The van der Waals surface area contributed by atoms with Crippen molar-refractivity contribution in [3.63, 3.8) is 0 Å². The van der Waals surface area contributed by atoms with E-state index in [-0.39, 0.29) is 0 Å². The molecule has 1 atom stereocenters. The van der Waals surface area contributed by atoms with Crippen molar-refractivity contribution in [3.8, 4) is 0 Å². The molecule has 74 valence electrons. The Labute approximate surface area is 79.9 Å². The highest BCUT2D eigenvalue weighted by molar-refractivity contribution is 5.10. The normalized spacial score (nSPS) is 13.1. The van der Waals surface area contributed by atoms with Crippen LogP contribution in [0, 0.1) is 0 Å². The average molecular weight is 182 g/mol. The molecule has 0 aliphatic rings. The summed E-state index contributed by atoms with van der Waals surface area (Å²) >= 11 is 0. The lowest BCUT2D eigenvalue weighted by atomic mass is 10.1. The summed E-state index contributed by atoms with van der Waals surface area (Å²) in [5, 5.41) is 0. The zero-order valence-corrected chi connectivity index (χ0v) is 8.45. The molecule has 0 radical (unpaired) electrons. The number of hydrogen-bond donors (Lipinski definition) is 0. The van der Waals surface area contributed by atoms with Gasteiger partial charge in [0.15, 0.2) is 0 Å². The van der Waals surface area contributed by atoms with Gasteiger partial charge in [-0.05, 0) is 18.1 Å². The molecule has 1 unspecified atom stereocenters. The maximum Gasteiger partial charge on any atom is 0.0938 e. The van der Waals surface area contributed by atoms with Gasteiger partial charge in [0.05, 0.1) is 19.1 Å². The fourth-order valence-electron chi connectivity index (χ4n) is 1.16. The van der Waals surface area contributed by atoms with Crippen LogP contribution < -0.4 is 0 Å². The molecule has 2 heteroatoms. The summed E-state index contributed by atoms with van der Waals surface area (Å²) in [4.78, 5) is 0. The largest absolute Gasteiger partial charge is 0.472 e. The van der Waals surface area contributed by atoms with E-state index >= 15 is 0 Å². The molecule has 1 aromatic heterocycles. The molecule has 0 amide bonds. The molecule has 0 aliphatic carbocycles. The summed E-state index contributed by atoms with van der Waals surface area (Å²) in [6.45, 7) is 5.98. The maximum atomic E-state index is 5.52. The van der Waals surface area contributed by atoms with Crippen LogP contribution in [0.25, 0.3) is 0 Å². The van der Waals surface area contributed by atoms with E-state index in [1.54, 1.807) is 12.5 Å². The molecule has 0 N–H and O–H groups in total. The first-order chi connectivity index (χ1) is 6.34. The van der Waals surface area contributed by atoms with Crippen molar-refractivity contribution in [3.05, 3.63) is 24.2 Å². The van der Waals surface area contributed by atoms with E-state index in [2.05, 4.69) is 13.8 Å². The zero-order valence-electron chi connectivity index (χ0n) is 8.45. The Morgan fingerprint density at radius 3 is 3.00 bits per heavy atom. The highest BCUT2D eigenvalue weighted by atomic mass is 16.5. The van der Waals surface area contributed by atoms with E-state index < -0.39 is 0 Å². The first-order valence-corrected chi connectivity index (χ1v) is 4.94. The molecule has 0 saturated carbocycles. The molecule has 0 aliphatic heterocycles. The van der Waals surface area contributed by atoms with Crippen LogP contribution in [0.4, 0.5) is 0 Å². The van der Waals surface area contributed by atoms with E-state index in [9.17, 15) is 0 Å². The lowest BCUT2D eigenvalue weighted by Gasteiger charge is -2.09. The van der Waals surface area contributed by atoms with Gasteiger partial charge < -0.3 is 9.15 Å². The Kier molecular flexibility index (Phi) is 4.61. The van der Waals surface area contributed by atoms with Crippen LogP contribution in [0.5, 0.6) is 0 Å². The van der Waals surface area contributed by atoms with Gasteiger partial charge in [-0.1, -0.05) is 20.3 Å². The van der Waals surface area contributed by atoms with Crippen molar-refractivity contribution < 1.29 is 9.15 Å². The highest BCUT2D eigenvalue weighted by Crippen LogP contribution is 2.15. The summed E-state index contributed by atoms with van der Waals surface area (Å²) in [5.74, 6) is 0.440. The van der Waals surface area contributed by atoms with Gasteiger partial charge in [-0.15, -0.1) is 0 Å². The molecular weight excluding hydrogens is 164 g/mol. The van der Waals surface area contributed by atoms with Gasteiger partial charge in [-0.2, -0.15) is 0 Å². The predicted octanol–water partition coefficient (Wildman–Crippen LogP) is 3.20. The number of unbranched alkanes of at least 4 members (excludes halogenated alkanes) is 1. The van der Waals surface area contributed by atoms with Crippen molar-refractivity contribution in [2.24, 2.45) is 0 Å². The van der Waals surface area contributed by atoms with Crippen LogP contribution in [-0.4, -0.2) is 13.2 Å². The lowest BCUT2D eigenvalue weighted by Crippen LogP contribution is -2.04. The first kappa shape index (κ1) is 10.3. The SMILES string of the molecule is CCCCOCC(C)c1ccoc1. The standard InChI is InChI=1S/C11H18O2/c1-3-4-6-12-8-10(2)11-5-7-13-9-11/h5,7,9-10H,3-4,6,8H2,1-2H3. The van der Waals surface area contributed by atoms with Gasteiger partial charge in [0.25, 0.3) is 0 Å². The summed E-state index contributed by atoms with van der Waals surface area (Å²) in [6, 6.07) is 1.99. The Hall–Kier alpha value is -0.760. The van der Waals surface area contributed by atoms with E-state index in [0.29, 0.717) is 5.92 Å². The molecule has 1 rings (SSSR count). The molecule has 0 aromatic carbocycles. The quantitative estimate of drug-likeness (QED) is 0.630. The van der Waals surface area contributed by atoms with Crippen molar-refractivity contribution in [2.45, 2.75) is 32.6 Å². The highest BCUT2D eigenvalue weighted by Gasteiger charge is 2.05. The maximum absolute atomic E-state index is 5.52.